The van der Waals surface area contributed by atoms with Gasteiger partial charge in [0.25, 0.3) is 5.91 Å². The van der Waals surface area contributed by atoms with Crippen molar-refractivity contribution < 1.29 is 14.3 Å². The molecule has 0 saturated carbocycles. The molecule has 6 heteroatoms. The number of hydrogen-bond donors (Lipinski definition) is 2. The molecule has 0 unspecified atom stereocenters. The Bertz CT molecular complexity index is 697. The van der Waals surface area contributed by atoms with Gasteiger partial charge in [-0.25, -0.2) is 0 Å². The molecule has 3 rings (SSSR count). The third-order valence-electron chi connectivity index (χ3n) is 3.41. The molecule has 1 aromatic carbocycles. The maximum absolute atomic E-state index is 12.0. The largest absolute Gasteiger partial charge is 0.479 e. The Hall–Kier alpha value is -2.34. The monoisotopic (exact) mass is 316 g/mol. The van der Waals surface area contributed by atoms with E-state index < -0.39 is 6.10 Å². The normalized spacial score (nSPS) is 16.4. The van der Waals surface area contributed by atoms with E-state index in [4.69, 9.17) is 4.74 Å². The summed E-state index contributed by atoms with van der Waals surface area (Å²) in [7, 11) is 0. The van der Waals surface area contributed by atoms with Crippen LogP contribution in [-0.4, -0.2) is 17.9 Å². The minimum atomic E-state index is -0.501. The van der Waals surface area contributed by atoms with Gasteiger partial charge in [0.2, 0.25) is 5.91 Å². The first-order chi connectivity index (χ1) is 10.6. The van der Waals surface area contributed by atoms with E-state index in [1.165, 1.54) is 5.56 Å². The maximum atomic E-state index is 12.0. The molecule has 2 N–H and O–H groups in total. The molecule has 1 atom stereocenters. The van der Waals surface area contributed by atoms with Crippen LogP contribution < -0.4 is 15.4 Å². The van der Waals surface area contributed by atoms with Gasteiger partial charge < -0.3 is 15.4 Å². The van der Waals surface area contributed by atoms with Crippen molar-refractivity contribution in [2.75, 3.05) is 10.6 Å². The SMILES string of the molecule is C[C@@H]1Oc2ccc(NC(=O)CCc3ccsc3)cc2NC1=O. The summed E-state index contributed by atoms with van der Waals surface area (Å²) in [5.41, 5.74) is 2.39. The van der Waals surface area contributed by atoms with E-state index in [1.54, 1.807) is 36.5 Å². The molecule has 2 heterocycles. The molecule has 1 aliphatic rings. The second-order valence-electron chi connectivity index (χ2n) is 5.14. The third-order valence-corrected chi connectivity index (χ3v) is 4.15. The number of fused-ring (bicyclic) bond motifs is 1. The van der Waals surface area contributed by atoms with Crippen molar-refractivity contribution in [1.29, 1.82) is 0 Å². The number of aryl methyl sites for hydroxylation is 1. The van der Waals surface area contributed by atoms with Gasteiger partial charge in [0, 0.05) is 12.1 Å². The van der Waals surface area contributed by atoms with E-state index >= 15 is 0 Å². The Balaban J connectivity index is 1.62. The lowest BCUT2D eigenvalue weighted by Gasteiger charge is -2.23. The van der Waals surface area contributed by atoms with E-state index in [-0.39, 0.29) is 11.8 Å². The van der Waals surface area contributed by atoms with E-state index in [0.717, 1.165) is 6.42 Å². The van der Waals surface area contributed by atoms with Gasteiger partial charge in [0.05, 0.1) is 5.69 Å². The van der Waals surface area contributed by atoms with Crippen LogP contribution in [0.2, 0.25) is 0 Å². The summed E-state index contributed by atoms with van der Waals surface area (Å²) >= 11 is 1.63. The molecule has 0 aliphatic carbocycles. The number of carbonyl (C=O) groups is 2. The number of carbonyl (C=O) groups excluding carboxylic acids is 2. The lowest BCUT2D eigenvalue weighted by molar-refractivity contribution is -0.122. The topological polar surface area (TPSA) is 67.4 Å². The quantitative estimate of drug-likeness (QED) is 0.911. The number of rotatable bonds is 4. The molecule has 5 nitrogen and oxygen atoms in total. The summed E-state index contributed by atoms with van der Waals surface area (Å²) in [5.74, 6) is 0.374. The number of nitrogens with one attached hydrogen (secondary N) is 2. The smallest absolute Gasteiger partial charge is 0.265 e. The van der Waals surface area contributed by atoms with Crippen LogP contribution in [0, 0.1) is 0 Å². The number of thiophene rings is 1. The van der Waals surface area contributed by atoms with Crippen molar-refractivity contribution in [3.8, 4) is 5.75 Å². The zero-order chi connectivity index (χ0) is 15.5. The highest BCUT2D eigenvalue weighted by Crippen LogP contribution is 2.32. The summed E-state index contributed by atoms with van der Waals surface area (Å²) < 4.78 is 5.48. The highest BCUT2D eigenvalue weighted by atomic mass is 32.1. The zero-order valence-electron chi connectivity index (χ0n) is 12.1. The lowest BCUT2D eigenvalue weighted by Crippen LogP contribution is -2.34. The molecule has 0 saturated heterocycles. The van der Waals surface area contributed by atoms with Crippen molar-refractivity contribution in [2.24, 2.45) is 0 Å². The molecule has 1 aromatic heterocycles. The van der Waals surface area contributed by atoms with Gasteiger partial charge in [-0.2, -0.15) is 11.3 Å². The van der Waals surface area contributed by atoms with Crippen LogP contribution in [0.3, 0.4) is 0 Å². The van der Waals surface area contributed by atoms with E-state index in [0.29, 0.717) is 23.5 Å². The Kier molecular flexibility index (Phi) is 4.11. The molecular formula is C16H16N2O3S. The zero-order valence-corrected chi connectivity index (χ0v) is 12.9. The average molecular weight is 316 g/mol. The van der Waals surface area contributed by atoms with Crippen molar-refractivity contribution in [3.05, 3.63) is 40.6 Å². The van der Waals surface area contributed by atoms with E-state index in [9.17, 15) is 9.59 Å². The van der Waals surface area contributed by atoms with Crippen LogP contribution in [-0.2, 0) is 16.0 Å². The second kappa shape index (κ2) is 6.19. The molecule has 0 spiro atoms. The Morgan fingerprint density at radius 1 is 1.41 bits per heavy atom. The molecular weight excluding hydrogens is 300 g/mol. The van der Waals surface area contributed by atoms with E-state index in [1.807, 2.05) is 16.8 Å². The van der Waals surface area contributed by atoms with Crippen LogP contribution in [0.1, 0.15) is 18.9 Å². The molecule has 0 fully saturated rings. The van der Waals surface area contributed by atoms with Crippen LogP contribution in [0.25, 0.3) is 0 Å². The predicted octanol–water partition coefficient (Wildman–Crippen LogP) is 3.04. The summed E-state index contributed by atoms with van der Waals surface area (Å²) in [4.78, 5) is 23.6. The standard InChI is InChI=1S/C16H16N2O3S/c1-10-16(20)18-13-8-12(3-4-14(13)21-10)17-15(19)5-2-11-6-7-22-9-11/h3-4,6-10H,2,5H2,1H3,(H,17,19)(H,18,20)/t10-/m0/s1. The molecule has 1 aliphatic heterocycles. The Labute approximate surface area is 132 Å². The second-order valence-corrected chi connectivity index (χ2v) is 5.92. The molecule has 2 aromatic rings. The number of benzene rings is 1. The average Bonchev–Trinajstić information content (AvgIpc) is 3.00. The first-order valence-electron chi connectivity index (χ1n) is 7.04. The van der Waals surface area contributed by atoms with Crippen molar-refractivity contribution in [2.45, 2.75) is 25.9 Å². The van der Waals surface area contributed by atoms with Gasteiger partial charge >= 0.3 is 0 Å². The first kappa shape index (κ1) is 14.6. The maximum Gasteiger partial charge on any atom is 0.265 e. The Morgan fingerprint density at radius 2 is 2.27 bits per heavy atom. The molecule has 0 radical (unpaired) electrons. The third kappa shape index (κ3) is 3.28. The minimum absolute atomic E-state index is 0.0532. The molecule has 114 valence electrons. The van der Waals surface area contributed by atoms with Gasteiger partial charge in [0.15, 0.2) is 6.10 Å². The Morgan fingerprint density at radius 3 is 3.05 bits per heavy atom. The van der Waals surface area contributed by atoms with Crippen LogP contribution >= 0.6 is 11.3 Å². The molecule has 2 amide bonds. The van der Waals surface area contributed by atoms with Gasteiger partial charge in [-0.15, -0.1) is 0 Å². The fourth-order valence-electron chi connectivity index (χ4n) is 2.20. The van der Waals surface area contributed by atoms with E-state index in [2.05, 4.69) is 10.6 Å². The minimum Gasteiger partial charge on any atom is -0.479 e. The van der Waals surface area contributed by atoms with Gasteiger partial charge in [-0.05, 0) is 53.9 Å². The number of anilines is 2. The first-order valence-corrected chi connectivity index (χ1v) is 7.98. The van der Waals surface area contributed by atoms with Crippen LogP contribution in [0.15, 0.2) is 35.0 Å². The highest BCUT2D eigenvalue weighted by Gasteiger charge is 2.23. The van der Waals surface area contributed by atoms with Gasteiger partial charge in [-0.3, -0.25) is 9.59 Å². The molecule has 22 heavy (non-hydrogen) atoms. The summed E-state index contributed by atoms with van der Waals surface area (Å²) in [6, 6.07) is 7.25. The van der Waals surface area contributed by atoms with Crippen LogP contribution in [0.5, 0.6) is 5.75 Å². The fraction of sp³-hybridized carbons (Fsp3) is 0.250. The van der Waals surface area contributed by atoms with Crippen LogP contribution in [0.4, 0.5) is 11.4 Å². The summed E-state index contributed by atoms with van der Waals surface area (Å²) in [5, 5.41) is 9.64. The summed E-state index contributed by atoms with van der Waals surface area (Å²) in [6.45, 7) is 1.69. The lowest BCUT2D eigenvalue weighted by atomic mass is 10.1. The van der Waals surface area contributed by atoms with Crippen molar-refractivity contribution in [1.82, 2.24) is 0 Å². The fourth-order valence-corrected chi connectivity index (χ4v) is 2.91. The number of hydrogen-bond acceptors (Lipinski definition) is 4. The molecule has 0 bridgehead atoms. The predicted molar refractivity (Wildman–Crippen MR) is 86.4 cm³/mol. The number of ether oxygens (including phenoxy) is 1. The number of amides is 2. The highest BCUT2D eigenvalue weighted by molar-refractivity contribution is 7.07. The van der Waals surface area contributed by atoms with Gasteiger partial charge in [0.1, 0.15) is 5.75 Å². The van der Waals surface area contributed by atoms with Gasteiger partial charge in [-0.1, -0.05) is 0 Å². The summed E-state index contributed by atoms with van der Waals surface area (Å²) in [6.07, 6.45) is 0.643. The van der Waals surface area contributed by atoms with Crippen molar-refractivity contribution >= 4 is 34.5 Å². The van der Waals surface area contributed by atoms with Crippen molar-refractivity contribution in [3.63, 3.8) is 0 Å².